The molecule has 0 fully saturated rings. The highest BCUT2D eigenvalue weighted by molar-refractivity contribution is 7.92. The Labute approximate surface area is 190 Å². The second-order valence-electron chi connectivity index (χ2n) is 7.52. The SMILES string of the molecule is CC[C@@H](C(=O)NC)N(Cc1cccc(C)c1)C(=O)CN(c1ccc(OC)cc1)S(C)(=O)=O. The van der Waals surface area contributed by atoms with Crippen LogP contribution in [0, 0.1) is 6.92 Å². The van der Waals surface area contributed by atoms with E-state index in [1.165, 1.54) is 19.1 Å². The number of carbonyl (C=O) groups is 2. The van der Waals surface area contributed by atoms with E-state index in [4.69, 9.17) is 4.74 Å². The van der Waals surface area contributed by atoms with Crippen molar-refractivity contribution in [3.05, 3.63) is 59.7 Å². The second-order valence-corrected chi connectivity index (χ2v) is 9.42. The van der Waals surface area contributed by atoms with Crippen molar-refractivity contribution in [1.29, 1.82) is 0 Å². The number of ether oxygens (including phenoxy) is 1. The van der Waals surface area contributed by atoms with Crippen molar-refractivity contribution in [2.75, 3.05) is 31.3 Å². The maximum absolute atomic E-state index is 13.4. The third kappa shape index (κ3) is 6.46. The van der Waals surface area contributed by atoms with Crippen LogP contribution in [0.25, 0.3) is 0 Å². The molecule has 0 bridgehead atoms. The smallest absolute Gasteiger partial charge is 0.244 e. The van der Waals surface area contributed by atoms with Gasteiger partial charge in [-0.2, -0.15) is 0 Å². The van der Waals surface area contributed by atoms with E-state index in [2.05, 4.69) is 5.32 Å². The first kappa shape index (κ1) is 25.2. The number of benzene rings is 2. The Balaban J connectivity index is 2.41. The molecule has 0 aliphatic carbocycles. The van der Waals surface area contributed by atoms with Crippen molar-refractivity contribution in [1.82, 2.24) is 10.2 Å². The molecule has 0 aliphatic heterocycles. The molecule has 8 nitrogen and oxygen atoms in total. The number of hydrogen-bond acceptors (Lipinski definition) is 5. The van der Waals surface area contributed by atoms with Crippen LogP contribution in [0.15, 0.2) is 48.5 Å². The summed E-state index contributed by atoms with van der Waals surface area (Å²) in [4.78, 5) is 27.4. The number of anilines is 1. The fourth-order valence-corrected chi connectivity index (χ4v) is 4.31. The second kappa shape index (κ2) is 11.0. The molecular weight excluding hydrogens is 430 g/mol. The van der Waals surface area contributed by atoms with Gasteiger partial charge in [-0.25, -0.2) is 8.42 Å². The van der Waals surface area contributed by atoms with Crippen molar-refractivity contribution in [3.8, 4) is 5.75 Å². The van der Waals surface area contributed by atoms with Crippen LogP contribution in [0.3, 0.4) is 0 Å². The third-order valence-electron chi connectivity index (χ3n) is 5.11. The van der Waals surface area contributed by atoms with E-state index in [1.54, 1.807) is 24.3 Å². The summed E-state index contributed by atoms with van der Waals surface area (Å²) in [6.45, 7) is 3.52. The maximum atomic E-state index is 13.4. The minimum atomic E-state index is -3.76. The molecule has 1 atom stereocenters. The molecule has 2 rings (SSSR count). The molecule has 174 valence electrons. The first-order valence-electron chi connectivity index (χ1n) is 10.3. The van der Waals surface area contributed by atoms with E-state index < -0.39 is 28.5 Å². The van der Waals surface area contributed by atoms with Crippen molar-refractivity contribution >= 4 is 27.5 Å². The number of carbonyl (C=O) groups excluding carboxylic acids is 2. The molecule has 1 N–H and O–H groups in total. The summed E-state index contributed by atoms with van der Waals surface area (Å²) in [6, 6.07) is 13.3. The lowest BCUT2D eigenvalue weighted by Crippen LogP contribution is -2.51. The van der Waals surface area contributed by atoms with Gasteiger partial charge >= 0.3 is 0 Å². The number of amides is 2. The third-order valence-corrected chi connectivity index (χ3v) is 6.25. The number of rotatable bonds is 10. The molecule has 9 heteroatoms. The molecular formula is C23H31N3O5S. The molecule has 0 radical (unpaired) electrons. The topological polar surface area (TPSA) is 96.0 Å². The van der Waals surface area contributed by atoms with E-state index in [9.17, 15) is 18.0 Å². The molecule has 0 aromatic heterocycles. The van der Waals surface area contributed by atoms with Gasteiger partial charge in [0, 0.05) is 13.6 Å². The Morgan fingerprint density at radius 3 is 2.28 bits per heavy atom. The minimum Gasteiger partial charge on any atom is -0.497 e. The zero-order valence-corrected chi connectivity index (χ0v) is 20.0. The Morgan fingerprint density at radius 1 is 1.12 bits per heavy atom. The molecule has 2 amide bonds. The van der Waals surface area contributed by atoms with Gasteiger partial charge < -0.3 is 15.0 Å². The zero-order chi connectivity index (χ0) is 23.9. The lowest BCUT2D eigenvalue weighted by atomic mass is 10.1. The fourth-order valence-electron chi connectivity index (χ4n) is 3.46. The highest BCUT2D eigenvalue weighted by Crippen LogP contribution is 2.22. The van der Waals surface area contributed by atoms with Gasteiger partial charge in [0.2, 0.25) is 21.8 Å². The number of hydrogen-bond donors (Lipinski definition) is 1. The predicted octanol–water partition coefficient (Wildman–Crippen LogP) is 2.32. The highest BCUT2D eigenvalue weighted by Gasteiger charge is 2.31. The monoisotopic (exact) mass is 461 g/mol. The normalized spacial score (nSPS) is 12.0. The Kier molecular flexibility index (Phi) is 8.65. The average Bonchev–Trinajstić information content (AvgIpc) is 2.76. The summed E-state index contributed by atoms with van der Waals surface area (Å²) >= 11 is 0. The van der Waals surface area contributed by atoms with Gasteiger partial charge in [0.05, 0.1) is 19.1 Å². The number of nitrogens with one attached hydrogen (secondary N) is 1. The summed E-state index contributed by atoms with van der Waals surface area (Å²) in [5, 5.41) is 2.60. The quantitative estimate of drug-likeness (QED) is 0.586. The standard InChI is InChI=1S/C23H31N3O5S/c1-6-21(23(28)24-3)25(15-18-9-7-8-17(2)14-18)22(27)16-26(32(5,29)30)19-10-12-20(31-4)13-11-19/h7-14,21H,6,15-16H2,1-5H3,(H,24,28)/t21-/m0/s1. The highest BCUT2D eigenvalue weighted by atomic mass is 32.2. The first-order chi connectivity index (χ1) is 15.1. The molecule has 0 heterocycles. The first-order valence-corrected chi connectivity index (χ1v) is 12.1. The van der Waals surface area contributed by atoms with E-state index in [1.807, 2.05) is 38.1 Å². The molecule has 2 aromatic rings. The molecule has 0 spiro atoms. The molecule has 0 saturated heterocycles. The van der Waals surface area contributed by atoms with Crippen LogP contribution >= 0.6 is 0 Å². The van der Waals surface area contributed by atoms with Crippen LogP contribution in [0.5, 0.6) is 5.75 Å². The maximum Gasteiger partial charge on any atom is 0.244 e. The van der Waals surface area contributed by atoms with Crippen molar-refractivity contribution in [2.45, 2.75) is 32.9 Å². The average molecular weight is 462 g/mol. The summed E-state index contributed by atoms with van der Waals surface area (Å²) in [5.41, 5.74) is 2.22. The molecule has 2 aromatic carbocycles. The largest absolute Gasteiger partial charge is 0.497 e. The van der Waals surface area contributed by atoms with Crippen LogP contribution in [0.4, 0.5) is 5.69 Å². The van der Waals surface area contributed by atoms with E-state index in [-0.39, 0.29) is 12.5 Å². The number of nitrogens with zero attached hydrogens (tertiary/aromatic N) is 2. The summed E-state index contributed by atoms with van der Waals surface area (Å²) in [6.07, 6.45) is 1.43. The Bertz CT molecular complexity index is 1040. The van der Waals surface area contributed by atoms with Gasteiger partial charge in [0.25, 0.3) is 0 Å². The molecule has 0 aliphatic rings. The molecule has 0 saturated carbocycles. The van der Waals surface area contributed by atoms with Gasteiger partial charge in [-0.1, -0.05) is 36.8 Å². The van der Waals surface area contributed by atoms with Gasteiger partial charge in [-0.3, -0.25) is 13.9 Å². The Hall–Kier alpha value is -3.07. The lowest BCUT2D eigenvalue weighted by molar-refractivity contribution is -0.140. The summed E-state index contributed by atoms with van der Waals surface area (Å²) in [5.74, 6) is -0.202. The van der Waals surface area contributed by atoms with Crippen molar-refractivity contribution < 1.29 is 22.7 Å². The lowest BCUT2D eigenvalue weighted by Gasteiger charge is -2.32. The van der Waals surface area contributed by atoms with Gasteiger partial charge in [0.15, 0.2) is 0 Å². The molecule has 32 heavy (non-hydrogen) atoms. The predicted molar refractivity (Wildman–Crippen MR) is 125 cm³/mol. The van der Waals surface area contributed by atoms with Crippen LogP contribution in [-0.2, 0) is 26.2 Å². The summed E-state index contributed by atoms with van der Waals surface area (Å²) in [7, 11) is -0.732. The van der Waals surface area contributed by atoms with E-state index >= 15 is 0 Å². The van der Waals surface area contributed by atoms with Crippen LogP contribution in [-0.4, -0.2) is 58.1 Å². The van der Waals surface area contributed by atoms with Crippen molar-refractivity contribution in [2.24, 2.45) is 0 Å². The summed E-state index contributed by atoms with van der Waals surface area (Å²) < 4.78 is 31.2. The minimum absolute atomic E-state index is 0.187. The molecule has 0 unspecified atom stereocenters. The van der Waals surface area contributed by atoms with Gasteiger partial charge in [0.1, 0.15) is 18.3 Å². The van der Waals surface area contributed by atoms with E-state index in [0.29, 0.717) is 17.9 Å². The number of likely N-dealkylation sites (N-methyl/N-ethyl adjacent to an activating group) is 1. The zero-order valence-electron chi connectivity index (χ0n) is 19.2. The van der Waals surface area contributed by atoms with Crippen LogP contribution < -0.4 is 14.4 Å². The number of sulfonamides is 1. The van der Waals surface area contributed by atoms with Crippen molar-refractivity contribution in [3.63, 3.8) is 0 Å². The van der Waals surface area contributed by atoms with Crippen LogP contribution in [0.1, 0.15) is 24.5 Å². The number of aryl methyl sites for hydroxylation is 1. The fraction of sp³-hybridized carbons (Fsp3) is 0.391. The van der Waals surface area contributed by atoms with Crippen LogP contribution in [0.2, 0.25) is 0 Å². The van der Waals surface area contributed by atoms with E-state index in [0.717, 1.165) is 21.7 Å². The van der Waals surface area contributed by atoms with Gasteiger partial charge in [-0.15, -0.1) is 0 Å². The van der Waals surface area contributed by atoms with Gasteiger partial charge in [-0.05, 0) is 43.2 Å². The number of methoxy groups -OCH3 is 1. The Morgan fingerprint density at radius 2 is 1.78 bits per heavy atom.